The average Bonchev–Trinajstić information content (AvgIpc) is 2.59. The SMILES string of the molecule is COc1cc(C=CC(=O)N2CCN(C(C)=O)CC2)cc(OC)c1. The Morgan fingerprint density at radius 3 is 1.96 bits per heavy atom. The molecule has 0 bridgehead atoms. The van der Waals surface area contributed by atoms with Gasteiger partial charge in [-0.05, 0) is 23.8 Å². The Hall–Kier alpha value is -2.50. The molecule has 0 aliphatic carbocycles. The van der Waals surface area contributed by atoms with E-state index in [1.54, 1.807) is 43.1 Å². The number of nitrogens with zero attached hydrogens (tertiary/aromatic N) is 2. The summed E-state index contributed by atoms with van der Waals surface area (Å²) in [6, 6.07) is 5.44. The fourth-order valence-electron chi connectivity index (χ4n) is 2.44. The van der Waals surface area contributed by atoms with E-state index in [1.165, 1.54) is 6.08 Å². The van der Waals surface area contributed by atoms with Gasteiger partial charge in [-0.15, -0.1) is 0 Å². The van der Waals surface area contributed by atoms with Crippen LogP contribution in [0.3, 0.4) is 0 Å². The first kappa shape index (κ1) is 16.9. The van der Waals surface area contributed by atoms with Crippen molar-refractivity contribution in [3.05, 3.63) is 29.8 Å². The molecule has 0 radical (unpaired) electrons. The molecule has 0 spiro atoms. The molecule has 1 aromatic rings. The van der Waals surface area contributed by atoms with Gasteiger partial charge in [0.1, 0.15) is 11.5 Å². The van der Waals surface area contributed by atoms with Crippen LogP contribution in [0, 0.1) is 0 Å². The smallest absolute Gasteiger partial charge is 0.246 e. The molecule has 1 aliphatic rings. The zero-order valence-electron chi connectivity index (χ0n) is 13.7. The summed E-state index contributed by atoms with van der Waals surface area (Å²) in [7, 11) is 3.17. The first-order valence-corrected chi connectivity index (χ1v) is 7.49. The van der Waals surface area contributed by atoms with E-state index in [0.717, 1.165) is 5.56 Å². The molecule has 23 heavy (non-hydrogen) atoms. The van der Waals surface area contributed by atoms with Gasteiger partial charge in [0.05, 0.1) is 14.2 Å². The maximum atomic E-state index is 12.2. The van der Waals surface area contributed by atoms with Gasteiger partial charge in [-0.1, -0.05) is 0 Å². The number of piperazine rings is 1. The minimum Gasteiger partial charge on any atom is -0.497 e. The zero-order valence-corrected chi connectivity index (χ0v) is 13.7. The van der Waals surface area contributed by atoms with Crippen LogP contribution in [0.2, 0.25) is 0 Å². The molecule has 1 aliphatic heterocycles. The normalized spacial score (nSPS) is 14.9. The van der Waals surface area contributed by atoms with E-state index in [4.69, 9.17) is 9.47 Å². The molecule has 6 nitrogen and oxygen atoms in total. The zero-order chi connectivity index (χ0) is 16.8. The first-order valence-electron chi connectivity index (χ1n) is 7.49. The number of benzene rings is 1. The molecule has 2 amide bonds. The summed E-state index contributed by atoms with van der Waals surface area (Å²) in [6.07, 6.45) is 3.28. The third kappa shape index (κ3) is 4.48. The molecule has 1 fully saturated rings. The third-order valence-corrected chi connectivity index (χ3v) is 3.83. The van der Waals surface area contributed by atoms with Crippen LogP contribution in [0.25, 0.3) is 6.08 Å². The van der Waals surface area contributed by atoms with E-state index in [0.29, 0.717) is 37.7 Å². The summed E-state index contributed by atoms with van der Waals surface area (Å²) >= 11 is 0. The maximum absolute atomic E-state index is 12.2. The lowest BCUT2D eigenvalue weighted by atomic mass is 10.2. The summed E-state index contributed by atoms with van der Waals surface area (Å²) in [5.74, 6) is 1.34. The largest absolute Gasteiger partial charge is 0.497 e. The second-order valence-corrected chi connectivity index (χ2v) is 5.31. The van der Waals surface area contributed by atoms with Crippen LogP contribution in [-0.2, 0) is 9.59 Å². The Morgan fingerprint density at radius 2 is 1.48 bits per heavy atom. The van der Waals surface area contributed by atoms with Crippen LogP contribution in [0.5, 0.6) is 11.5 Å². The van der Waals surface area contributed by atoms with E-state index in [-0.39, 0.29) is 11.8 Å². The van der Waals surface area contributed by atoms with Crippen molar-refractivity contribution < 1.29 is 19.1 Å². The van der Waals surface area contributed by atoms with E-state index in [2.05, 4.69) is 0 Å². The molecule has 124 valence electrons. The molecule has 0 N–H and O–H groups in total. The highest BCUT2D eigenvalue weighted by molar-refractivity contribution is 5.92. The Labute approximate surface area is 136 Å². The Bertz CT molecular complexity index is 582. The molecule has 0 atom stereocenters. The molecule has 1 aromatic carbocycles. The van der Waals surface area contributed by atoms with Crippen LogP contribution in [0.1, 0.15) is 12.5 Å². The number of carbonyl (C=O) groups excluding carboxylic acids is 2. The number of methoxy groups -OCH3 is 2. The summed E-state index contributed by atoms with van der Waals surface area (Å²) in [5, 5.41) is 0. The molecule has 1 heterocycles. The van der Waals surface area contributed by atoms with Gasteiger partial charge in [-0.2, -0.15) is 0 Å². The summed E-state index contributed by atoms with van der Waals surface area (Å²) in [6.45, 7) is 3.84. The number of hydrogen-bond acceptors (Lipinski definition) is 4. The van der Waals surface area contributed by atoms with Crippen molar-refractivity contribution in [1.82, 2.24) is 9.80 Å². The van der Waals surface area contributed by atoms with Gasteiger partial charge in [0.15, 0.2) is 0 Å². The second kappa shape index (κ2) is 7.67. The third-order valence-electron chi connectivity index (χ3n) is 3.83. The highest BCUT2D eigenvalue weighted by Gasteiger charge is 2.20. The second-order valence-electron chi connectivity index (χ2n) is 5.31. The van der Waals surface area contributed by atoms with Gasteiger partial charge in [0, 0.05) is 45.2 Å². The fraction of sp³-hybridized carbons (Fsp3) is 0.412. The predicted octanol–water partition coefficient (Wildman–Crippen LogP) is 1.41. The van der Waals surface area contributed by atoms with E-state index in [9.17, 15) is 9.59 Å². The van der Waals surface area contributed by atoms with Crippen molar-refractivity contribution in [2.45, 2.75) is 6.92 Å². The Balaban J connectivity index is 2.00. The lowest BCUT2D eigenvalue weighted by molar-refractivity contribution is -0.135. The van der Waals surface area contributed by atoms with E-state index < -0.39 is 0 Å². The van der Waals surface area contributed by atoms with Crippen LogP contribution < -0.4 is 9.47 Å². The molecule has 6 heteroatoms. The standard InChI is InChI=1S/C17H22N2O4/c1-13(20)18-6-8-19(9-7-18)17(21)5-4-14-10-15(22-2)12-16(11-14)23-3/h4-5,10-12H,6-9H2,1-3H3. The summed E-state index contributed by atoms with van der Waals surface area (Å²) in [4.78, 5) is 27.0. The number of hydrogen-bond donors (Lipinski definition) is 0. The van der Waals surface area contributed by atoms with Gasteiger partial charge in [0.2, 0.25) is 11.8 Å². The highest BCUT2D eigenvalue weighted by atomic mass is 16.5. The van der Waals surface area contributed by atoms with Gasteiger partial charge >= 0.3 is 0 Å². The first-order chi connectivity index (χ1) is 11.0. The van der Waals surface area contributed by atoms with Gasteiger partial charge in [-0.25, -0.2) is 0 Å². The maximum Gasteiger partial charge on any atom is 0.246 e. The minimum atomic E-state index is -0.0602. The Morgan fingerprint density at radius 1 is 0.957 bits per heavy atom. The van der Waals surface area contributed by atoms with E-state index in [1.807, 2.05) is 12.1 Å². The van der Waals surface area contributed by atoms with Crippen molar-refractivity contribution in [2.24, 2.45) is 0 Å². The van der Waals surface area contributed by atoms with Crippen LogP contribution in [0.15, 0.2) is 24.3 Å². The van der Waals surface area contributed by atoms with Crippen LogP contribution >= 0.6 is 0 Å². The van der Waals surface area contributed by atoms with Crippen molar-refractivity contribution in [3.8, 4) is 11.5 Å². The lowest BCUT2D eigenvalue weighted by Crippen LogP contribution is -2.49. The molecular weight excluding hydrogens is 296 g/mol. The molecule has 1 saturated heterocycles. The van der Waals surface area contributed by atoms with Gasteiger partial charge < -0.3 is 19.3 Å². The summed E-state index contributed by atoms with van der Waals surface area (Å²) < 4.78 is 10.4. The number of carbonyl (C=O) groups is 2. The quantitative estimate of drug-likeness (QED) is 0.788. The molecule has 0 unspecified atom stereocenters. The van der Waals surface area contributed by atoms with Crippen LogP contribution in [0.4, 0.5) is 0 Å². The number of amides is 2. The van der Waals surface area contributed by atoms with Crippen molar-refractivity contribution in [3.63, 3.8) is 0 Å². The fourth-order valence-corrected chi connectivity index (χ4v) is 2.44. The molecular formula is C17H22N2O4. The minimum absolute atomic E-state index is 0.0520. The van der Waals surface area contributed by atoms with Crippen molar-refractivity contribution in [2.75, 3.05) is 40.4 Å². The average molecular weight is 318 g/mol. The number of ether oxygens (including phenoxy) is 2. The van der Waals surface area contributed by atoms with Gasteiger partial charge in [-0.3, -0.25) is 9.59 Å². The van der Waals surface area contributed by atoms with Crippen LogP contribution in [-0.4, -0.2) is 62.0 Å². The van der Waals surface area contributed by atoms with Crippen molar-refractivity contribution in [1.29, 1.82) is 0 Å². The molecule has 0 aromatic heterocycles. The topological polar surface area (TPSA) is 59.1 Å². The Kier molecular flexibility index (Phi) is 5.62. The monoisotopic (exact) mass is 318 g/mol. The number of rotatable bonds is 4. The molecule has 2 rings (SSSR count). The van der Waals surface area contributed by atoms with Gasteiger partial charge in [0.25, 0.3) is 0 Å². The van der Waals surface area contributed by atoms with E-state index >= 15 is 0 Å². The van der Waals surface area contributed by atoms with Crippen molar-refractivity contribution >= 4 is 17.9 Å². The predicted molar refractivity (Wildman–Crippen MR) is 87.4 cm³/mol. The highest BCUT2D eigenvalue weighted by Crippen LogP contribution is 2.23. The summed E-state index contributed by atoms with van der Waals surface area (Å²) in [5.41, 5.74) is 0.830. The molecule has 0 saturated carbocycles. The lowest BCUT2D eigenvalue weighted by Gasteiger charge is -2.33.